The Bertz CT molecular complexity index is 227. The molecule has 1 aliphatic carbocycles. The lowest BCUT2D eigenvalue weighted by atomic mass is 9.89. The van der Waals surface area contributed by atoms with Crippen LogP contribution >= 0.6 is 12.4 Å². The van der Waals surface area contributed by atoms with Gasteiger partial charge in [0.05, 0.1) is 6.04 Å². The normalized spacial score (nSPS) is 18.6. The first kappa shape index (κ1) is 16.7. The topological polar surface area (TPSA) is 46.3 Å². The van der Waals surface area contributed by atoms with Crippen molar-refractivity contribution in [2.24, 2.45) is 17.6 Å². The van der Waals surface area contributed by atoms with Crippen molar-refractivity contribution in [2.45, 2.75) is 52.0 Å². The Hall–Kier alpha value is -0.280. The van der Waals surface area contributed by atoms with Gasteiger partial charge in [-0.3, -0.25) is 4.79 Å². The number of hydrogen-bond donors (Lipinski definition) is 1. The molecule has 2 N–H and O–H groups in total. The lowest BCUT2D eigenvalue weighted by Crippen LogP contribution is -2.46. The van der Waals surface area contributed by atoms with Gasteiger partial charge in [0, 0.05) is 13.6 Å². The van der Waals surface area contributed by atoms with Crippen molar-refractivity contribution in [1.29, 1.82) is 0 Å². The van der Waals surface area contributed by atoms with Gasteiger partial charge < -0.3 is 10.6 Å². The van der Waals surface area contributed by atoms with Crippen molar-refractivity contribution in [3.05, 3.63) is 0 Å². The zero-order valence-corrected chi connectivity index (χ0v) is 12.1. The van der Waals surface area contributed by atoms with Crippen molar-refractivity contribution in [1.82, 2.24) is 4.90 Å². The van der Waals surface area contributed by atoms with Crippen LogP contribution in [-0.2, 0) is 4.79 Å². The second-order valence-electron chi connectivity index (χ2n) is 5.49. The molecule has 0 spiro atoms. The van der Waals surface area contributed by atoms with E-state index in [0.29, 0.717) is 5.92 Å². The lowest BCUT2D eigenvalue weighted by Gasteiger charge is -2.29. The molecule has 1 saturated carbocycles. The summed E-state index contributed by atoms with van der Waals surface area (Å²) < 4.78 is 0. The maximum atomic E-state index is 12.0. The SMILES string of the molecule is CC(C)[C@@H](N)C(=O)N(C)CC1CCCCC1.Cl. The van der Waals surface area contributed by atoms with Crippen LogP contribution in [0.15, 0.2) is 0 Å². The van der Waals surface area contributed by atoms with E-state index < -0.39 is 0 Å². The molecule has 3 nitrogen and oxygen atoms in total. The summed E-state index contributed by atoms with van der Waals surface area (Å²) in [7, 11) is 1.89. The van der Waals surface area contributed by atoms with Crippen molar-refractivity contribution in [2.75, 3.05) is 13.6 Å². The first-order valence-electron chi connectivity index (χ1n) is 6.53. The van der Waals surface area contributed by atoms with E-state index in [-0.39, 0.29) is 30.3 Å². The molecule has 0 bridgehead atoms. The summed E-state index contributed by atoms with van der Waals surface area (Å²) in [5.41, 5.74) is 5.87. The third-order valence-electron chi connectivity index (χ3n) is 3.64. The Morgan fingerprint density at radius 1 is 1.29 bits per heavy atom. The standard InChI is InChI=1S/C13H26N2O.ClH/c1-10(2)12(14)13(16)15(3)9-11-7-5-4-6-8-11;/h10-12H,4-9,14H2,1-3H3;1H/t12-;/m1./s1. The summed E-state index contributed by atoms with van der Waals surface area (Å²) in [6.45, 7) is 4.88. The maximum Gasteiger partial charge on any atom is 0.239 e. The van der Waals surface area contributed by atoms with Gasteiger partial charge in [0.1, 0.15) is 0 Å². The minimum atomic E-state index is -0.339. The van der Waals surface area contributed by atoms with Crippen molar-refractivity contribution in [3.63, 3.8) is 0 Å². The van der Waals surface area contributed by atoms with Crippen LogP contribution in [0.25, 0.3) is 0 Å². The number of rotatable bonds is 4. The molecular weight excluding hydrogens is 236 g/mol. The van der Waals surface area contributed by atoms with Gasteiger partial charge in [-0.05, 0) is 24.7 Å². The number of hydrogen-bond acceptors (Lipinski definition) is 2. The van der Waals surface area contributed by atoms with E-state index in [1.807, 2.05) is 25.8 Å². The van der Waals surface area contributed by atoms with E-state index >= 15 is 0 Å². The van der Waals surface area contributed by atoms with Gasteiger partial charge in [0.2, 0.25) is 5.91 Å². The molecule has 0 unspecified atom stereocenters. The highest BCUT2D eigenvalue weighted by Crippen LogP contribution is 2.24. The summed E-state index contributed by atoms with van der Waals surface area (Å²) >= 11 is 0. The highest BCUT2D eigenvalue weighted by atomic mass is 35.5. The Labute approximate surface area is 112 Å². The zero-order chi connectivity index (χ0) is 12.1. The minimum absolute atomic E-state index is 0. The van der Waals surface area contributed by atoms with Gasteiger partial charge >= 0.3 is 0 Å². The first-order valence-corrected chi connectivity index (χ1v) is 6.53. The van der Waals surface area contributed by atoms with Gasteiger partial charge in [0.15, 0.2) is 0 Å². The van der Waals surface area contributed by atoms with E-state index in [1.54, 1.807) is 0 Å². The molecular formula is C13H27ClN2O. The van der Waals surface area contributed by atoms with E-state index in [1.165, 1.54) is 32.1 Å². The maximum absolute atomic E-state index is 12.0. The lowest BCUT2D eigenvalue weighted by molar-refractivity contribution is -0.132. The zero-order valence-electron chi connectivity index (χ0n) is 11.3. The molecule has 0 heterocycles. The second-order valence-corrected chi connectivity index (χ2v) is 5.49. The molecule has 4 heteroatoms. The minimum Gasteiger partial charge on any atom is -0.344 e. The number of amides is 1. The average Bonchev–Trinajstić information content (AvgIpc) is 2.28. The van der Waals surface area contributed by atoms with Crippen LogP contribution in [0, 0.1) is 11.8 Å². The summed E-state index contributed by atoms with van der Waals surface area (Å²) in [4.78, 5) is 13.8. The number of nitrogens with two attached hydrogens (primary N) is 1. The van der Waals surface area contributed by atoms with Crippen molar-refractivity contribution >= 4 is 18.3 Å². The van der Waals surface area contributed by atoms with Gasteiger partial charge in [-0.1, -0.05) is 33.1 Å². The third kappa shape index (κ3) is 5.26. The quantitative estimate of drug-likeness (QED) is 0.846. The van der Waals surface area contributed by atoms with Crippen LogP contribution in [0.1, 0.15) is 46.0 Å². The predicted molar refractivity (Wildman–Crippen MR) is 74.3 cm³/mol. The molecule has 102 valence electrons. The Kier molecular flexibility index (Phi) is 7.80. The van der Waals surface area contributed by atoms with Crippen LogP contribution in [0.4, 0.5) is 0 Å². The number of likely N-dealkylation sites (N-methyl/N-ethyl adjacent to an activating group) is 1. The van der Waals surface area contributed by atoms with E-state index in [2.05, 4.69) is 0 Å². The van der Waals surface area contributed by atoms with Crippen LogP contribution in [-0.4, -0.2) is 30.4 Å². The second kappa shape index (κ2) is 7.93. The van der Waals surface area contributed by atoms with Gasteiger partial charge in [-0.25, -0.2) is 0 Å². The molecule has 1 amide bonds. The summed E-state index contributed by atoms with van der Waals surface area (Å²) in [5.74, 6) is 1.02. The first-order chi connectivity index (χ1) is 7.52. The molecule has 0 aromatic rings. The molecule has 0 aromatic heterocycles. The Morgan fingerprint density at radius 3 is 2.29 bits per heavy atom. The highest BCUT2D eigenvalue weighted by molar-refractivity contribution is 5.85. The third-order valence-corrected chi connectivity index (χ3v) is 3.64. The van der Waals surface area contributed by atoms with Crippen molar-refractivity contribution < 1.29 is 4.79 Å². The number of nitrogens with zero attached hydrogens (tertiary/aromatic N) is 1. The number of carbonyl (C=O) groups excluding carboxylic acids is 1. The Balaban J connectivity index is 0.00000256. The van der Waals surface area contributed by atoms with Crippen LogP contribution in [0.5, 0.6) is 0 Å². The Morgan fingerprint density at radius 2 is 1.82 bits per heavy atom. The van der Waals surface area contributed by atoms with Gasteiger partial charge in [-0.15, -0.1) is 12.4 Å². The van der Waals surface area contributed by atoms with Crippen molar-refractivity contribution in [3.8, 4) is 0 Å². The molecule has 1 rings (SSSR count). The molecule has 0 aliphatic heterocycles. The molecule has 1 atom stereocenters. The molecule has 0 saturated heterocycles. The fraction of sp³-hybridized carbons (Fsp3) is 0.923. The highest BCUT2D eigenvalue weighted by Gasteiger charge is 2.23. The van der Waals surface area contributed by atoms with Gasteiger partial charge in [0.25, 0.3) is 0 Å². The molecule has 0 radical (unpaired) electrons. The van der Waals surface area contributed by atoms with Crippen LogP contribution in [0.3, 0.4) is 0 Å². The number of carbonyl (C=O) groups is 1. The summed E-state index contributed by atoms with van der Waals surface area (Å²) in [6.07, 6.45) is 6.55. The fourth-order valence-electron chi connectivity index (χ4n) is 2.39. The monoisotopic (exact) mass is 262 g/mol. The molecule has 0 aromatic carbocycles. The summed E-state index contributed by atoms with van der Waals surface area (Å²) in [6, 6.07) is -0.339. The number of halogens is 1. The smallest absolute Gasteiger partial charge is 0.239 e. The van der Waals surface area contributed by atoms with Crippen LogP contribution in [0.2, 0.25) is 0 Å². The van der Waals surface area contributed by atoms with E-state index in [4.69, 9.17) is 5.73 Å². The van der Waals surface area contributed by atoms with E-state index in [9.17, 15) is 4.79 Å². The molecule has 1 fully saturated rings. The fourth-order valence-corrected chi connectivity index (χ4v) is 2.39. The van der Waals surface area contributed by atoms with Gasteiger partial charge in [-0.2, -0.15) is 0 Å². The molecule has 1 aliphatic rings. The van der Waals surface area contributed by atoms with Crippen LogP contribution < -0.4 is 5.73 Å². The molecule has 17 heavy (non-hydrogen) atoms. The predicted octanol–water partition coefficient (Wildman–Crippen LogP) is 2.43. The van der Waals surface area contributed by atoms with E-state index in [0.717, 1.165) is 6.54 Å². The average molecular weight is 263 g/mol. The summed E-state index contributed by atoms with van der Waals surface area (Å²) in [5, 5.41) is 0. The largest absolute Gasteiger partial charge is 0.344 e.